The van der Waals surface area contributed by atoms with Crippen molar-refractivity contribution < 1.29 is 29.4 Å². The van der Waals surface area contributed by atoms with Gasteiger partial charge in [0.05, 0.1) is 6.54 Å². The first-order valence-corrected chi connectivity index (χ1v) is 9.82. The Morgan fingerprint density at radius 2 is 1.40 bits per heavy atom. The van der Waals surface area contributed by atoms with Gasteiger partial charge in [-0.05, 0) is 44.2 Å². The lowest BCUT2D eigenvalue weighted by atomic mass is 10.2. The molecular weight excluding hydrogens is 392 g/mol. The Hall–Kier alpha value is -2.98. The van der Waals surface area contributed by atoms with Crippen LogP contribution in [0, 0.1) is 0 Å². The summed E-state index contributed by atoms with van der Waals surface area (Å²) >= 11 is 0. The number of hydrogen-bond donors (Lipinski definition) is 3. The largest absolute Gasteiger partial charge is 0.473 e. The Morgan fingerprint density at radius 1 is 0.867 bits per heavy atom. The van der Waals surface area contributed by atoms with E-state index in [0.29, 0.717) is 12.1 Å². The monoisotopic (exact) mass is 420 g/mol. The fourth-order valence-corrected chi connectivity index (χ4v) is 3.21. The number of amides is 2. The standard InChI is InChI=1S/C18H26N4O2.C2H2O4/c1-20-10-12-21(13-11-20)14-17(23)19-16-6-4-15(5-7-16)18(24)22-8-2-3-9-22;3-1(4)2(5)6/h4-7H,2-3,8-14H2,1H3,(H,19,23);(H,3,4)(H,5,6). The number of rotatable bonds is 4. The van der Waals surface area contributed by atoms with Crippen molar-refractivity contribution in [2.24, 2.45) is 0 Å². The zero-order valence-corrected chi connectivity index (χ0v) is 17.0. The van der Waals surface area contributed by atoms with Crippen LogP contribution in [0.3, 0.4) is 0 Å². The van der Waals surface area contributed by atoms with Crippen LogP contribution in [-0.4, -0.2) is 102 Å². The summed E-state index contributed by atoms with van der Waals surface area (Å²) in [5.74, 6) is -3.56. The van der Waals surface area contributed by atoms with E-state index in [9.17, 15) is 9.59 Å². The third kappa shape index (κ3) is 7.45. The van der Waals surface area contributed by atoms with Gasteiger partial charge < -0.3 is 25.3 Å². The Kier molecular flexibility index (Phi) is 8.75. The van der Waals surface area contributed by atoms with Crippen LogP contribution in [0.1, 0.15) is 23.2 Å². The van der Waals surface area contributed by atoms with Gasteiger partial charge >= 0.3 is 11.9 Å². The number of carbonyl (C=O) groups excluding carboxylic acids is 2. The minimum absolute atomic E-state index is 0.00169. The molecule has 0 saturated carbocycles. The Morgan fingerprint density at radius 3 is 1.90 bits per heavy atom. The van der Waals surface area contributed by atoms with Crippen LogP contribution in [0.15, 0.2) is 24.3 Å². The zero-order valence-electron chi connectivity index (χ0n) is 17.0. The maximum Gasteiger partial charge on any atom is 0.414 e. The summed E-state index contributed by atoms with van der Waals surface area (Å²) in [6, 6.07) is 7.22. The summed E-state index contributed by atoms with van der Waals surface area (Å²) in [4.78, 5) is 49.0. The second-order valence-electron chi connectivity index (χ2n) is 7.31. The molecule has 10 heteroatoms. The summed E-state index contributed by atoms with van der Waals surface area (Å²) < 4.78 is 0. The van der Waals surface area contributed by atoms with Crippen LogP contribution in [0.2, 0.25) is 0 Å². The Balaban J connectivity index is 0.000000469. The summed E-state index contributed by atoms with van der Waals surface area (Å²) in [5.41, 5.74) is 1.43. The van der Waals surface area contributed by atoms with E-state index in [0.717, 1.165) is 57.8 Å². The molecule has 2 aliphatic heterocycles. The molecule has 0 spiro atoms. The number of carboxylic acid groups (broad SMARTS) is 2. The summed E-state index contributed by atoms with van der Waals surface area (Å²) in [6.45, 7) is 5.97. The smallest absolute Gasteiger partial charge is 0.414 e. The van der Waals surface area contributed by atoms with E-state index < -0.39 is 11.9 Å². The van der Waals surface area contributed by atoms with E-state index in [4.69, 9.17) is 19.8 Å². The molecule has 0 radical (unpaired) electrons. The molecule has 1 aromatic rings. The van der Waals surface area contributed by atoms with Gasteiger partial charge in [0, 0.05) is 50.5 Å². The van der Waals surface area contributed by atoms with Gasteiger partial charge in [0.1, 0.15) is 0 Å². The van der Waals surface area contributed by atoms with Gasteiger partial charge in [0.2, 0.25) is 5.91 Å². The van der Waals surface area contributed by atoms with Crippen LogP contribution in [0.5, 0.6) is 0 Å². The van der Waals surface area contributed by atoms with Crippen molar-refractivity contribution in [2.75, 3.05) is 58.2 Å². The molecule has 2 fully saturated rings. The summed E-state index contributed by atoms with van der Waals surface area (Å²) in [7, 11) is 2.10. The zero-order chi connectivity index (χ0) is 22.1. The van der Waals surface area contributed by atoms with E-state index in [2.05, 4.69) is 22.2 Å². The lowest BCUT2D eigenvalue weighted by Gasteiger charge is -2.31. The summed E-state index contributed by atoms with van der Waals surface area (Å²) in [5, 5.41) is 17.7. The first kappa shape index (κ1) is 23.3. The number of carboxylic acids is 2. The van der Waals surface area contributed by atoms with Gasteiger partial charge in [-0.3, -0.25) is 14.5 Å². The first-order chi connectivity index (χ1) is 14.3. The number of benzene rings is 1. The summed E-state index contributed by atoms with van der Waals surface area (Å²) in [6.07, 6.45) is 2.18. The highest BCUT2D eigenvalue weighted by Gasteiger charge is 2.20. The number of piperazine rings is 1. The molecule has 0 atom stereocenters. The number of likely N-dealkylation sites (N-methyl/N-ethyl adjacent to an activating group) is 1. The van der Waals surface area contributed by atoms with Crippen molar-refractivity contribution in [3.8, 4) is 0 Å². The predicted molar refractivity (Wildman–Crippen MR) is 109 cm³/mol. The number of carbonyl (C=O) groups is 4. The number of hydrogen-bond acceptors (Lipinski definition) is 6. The van der Waals surface area contributed by atoms with E-state index in [-0.39, 0.29) is 11.8 Å². The van der Waals surface area contributed by atoms with E-state index in [1.54, 1.807) is 12.1 Å². The lowest BCUT2D eigenvalue weighted by molar-refractivity contribution is -0.159. The average Bonchev–Trinajstić information content (AvgIpc) is 3.25. The fraction of sp³-hybridized carbons (Fsp3) is 0.500. The van der Waals surface area contributed by atoms with Crippen LogP contribution < -0.4 is 5.32 Å². The molecule has 3 rings (SSSR count). The number of nitrogens with zero attached hydrogens (tertiary/aromatic N) is 3. The second-order valence-corrected chi connectivity index (χ2v) is 7.31. The maximum absolute atomic E-state index is 12.3. The quantitative estimate of drug-likeness (QED) is 0.592. The minimum atomic E-state index is -1.82. The van der Waals surface area contributed by atoms with Crippen LogP contribution in [-0.2, 0) is 14.4 Å². The number of aliphatic carboxylic acids is 2. The molecule has 30 heavy (non-hydrogen) atoms. The number of anilines is 1. The van der Waals surface area contributed by atoms with Crippen LogP contribution >= 0.6 is 0 Å². The van der Waals surface area contributed by atoms with Crippen LogP contribution in [0.4, 0.5) is 5.69 Å². The molecule has 2 heterocycles. The van der Waals surface area contributed by atoms with Crippen molar-refractivity contribution in [2.45, 2.75) is 12.8 Å². The fourth-order valence-electron chi connectivity index (χ4n) is 3.21. The van der Waals surface area contributed by atoms with Crippen molar-refractivity contribution in [3.63, 3.8) is 0 Å². The molecule has 2 saturated heterocycles. The molecular formula is C20H28N4O6. The first-order valence-electron chi connectivity index (χ1n) is 9.82. The highest BCUT2D eigenvalue weighted by molar-refractivity contribution is 6.27. The molecule has 0 aromatic heterocycles. The van der Waals surface area contributed by atoms with Crippen molar-refractivity contribution >= 4 is 29.4 Å². The lowest BCUT2D eigenvalue weighted by Crippen LogP contribution is -2.47. The topological polar surface area (TPSA) is 130 Å². The van der Waals surface area contributed by atoms with Gasteiger partial charge in [-0.2, -0.15) is 0 Å². The molecule has 164 valence electrons. The van der Waals surface area contributed by atoms with Crippen LogP contribution in [0.25, 0.3) is 0 Å². The van der Waals surface area contributed by atoms with Gasteiger partial charge in [-0.15, -0.1) is 0 Å². The van der Waals surface area contributed by atoms with E-state index in [1.165, 1.54) is 0 Å². The third-order valence-corrected chi connectivity index (χ3v) is 4.95. The predicted octanol–water partition coefficient (Wildman–Crippen LogP) is 0.264. The molecule has 0 aliphatic carbocycles. The second kappa shape index (κ2) is 11.3. The Bertz CT molecular complexity index is 741. The average molecular weight is 420 g/mol. The highest BCUT2D eigenvalue weighted by Crippen LogP contribution is 2.15. The normalized spacial score (nSPS) is 17.0. The van der Waals surface area contributed by atoms with Gasteiger partial charge in [0.25, 0.3) is 5.91 Å². The van der Waals surface area contributed by atoms with E-state index in [1.807, 2.05) is 17.0 Å². The van der Waals surface area contributed by atoms with E-state index >= 15 is 0 Å². The SMILES string of the molecule is CN1CCN(CC(=O)Nc2ccc(C(=O)N3CCCC3)cc2)CC1.O=C(O)C(=O)O. The molecule has 2 amide bonds. The minimum Gasteiger partial charge on any atom is -0.473 e. The highest BCUT2D eigenvalue weighted by atomic mass is 16.4. The Labute approximate surface area is 175 Å². The van der Waals surface area contributed by atoms with Gasteiger partial charge in [-0.1, -0.05) is 0 Å². The number of likely N-dealkylation sites (tertiary alicyclic amines) is 1. The molecule has 3 N–H and O–H groups in total. The molecule has 10 nitrogen and oxygen atoms in total. The molecule has 0 unspecified atom stereocenters. The van der Waals surface area contributed by atoms with Crippen molar-refractivity contribution in [3.05, 3.63) is 29.8 Å². The number of nitrogens with one attached hydrogen (secondary N) is 1. The molecule has 2 aliphatic rings. The third-order valence-electron chi connectivity index (χ3n) is 4.95. The molecule has 0 bridgehead atoms. The van der Waals surface area contributed by atoms with Gasteiger partial charge in [0.15, 0.2) is 0 Å². The molecule has 1 aromatic carbocycles. The maximum atomic E-state index is 12.3. The van der Waals surface area contributed by atoms with Crippen molar-refractivity contribution in [1.29, 1.82) is 0 Å². The van der Waals surface area contributed by atoms with Crippen molar-refractivity contribution in [1.82, 2.24) is 14.7 Å². The van der Waals surface area contributed by atoms with Gasteiger partial charge in [-0.25, -0.2) is 9.59 Å².